The third kappa shape index (κ3) is 3.80. The first-order chi connectivity index (χ1) is 15.6. The SMILES string of the molecule is O=c1[nH]cnc2c1ncn2[C@@H]1O[C@H](COCc2ccc(-c3ccncc3)cc2)[C@@H](O)[C@H]1O. The van der Waals surface area contributed by atoms with Crippen LogP contribution in [0.15, 0.2) is 66.2 Å². The molecule has 0 aliphatic carbocycles. The van der Waals surface area contributed by atoms with E-state index >= 15 is 0 Å². The topological polar surface area (TPSA) is 135 Å². The summed E-state index contributed by atoms with van der Waals surface area (Å²) in [6, 6.07) is 11.9. The minimum Gasteiger partial charge on any atom is -0.387 e. The standard InChI is InChI=1S/C22H21N5O5/c28-18-16(10-31-9-13-1-3-14(4-2-13)15-5-7-23-8-6-15)32-22(19(18)29)27-12-26-17-20(27)24-11-25-21(17)30/h1-8,11-12,16,18-19,22,28-29H,9-10H2,(H,24,25,30)/t16-,18-,19-,22-/m1/s1. The van der Waals surface area contributed by atoms with Crippen LogP contribution < -0.4 is 5.56 Å². The number of hydrogen-bond donors (Lipinski definition) is 3. The van der Waals surface area contributed by atoms with E-state index < -0.39 is 30.1 Å². The Labute approximate surface area is 182 Å². The van der Waals surface area contributed by atoms with Crippen LogP contribution in [0.5, 0.6) is 0 Å². The molecule has 1 aliphatic heterocycles. The monoisotopic (exact) mass is 435 g/mol. The van der Waals surface area contributed by atoms with Gasteiger partial charge in [-0.3, -0.25) is 14.3 Å². The maximum atomic E-state index is 11.8. The quantitative estimate of drug-likeness (QED) is 0.408. The summed E-state index contributed by atoms with van der Waals surface area (Å²) in [7, 11) is 0. The van der Waals surface area contributed by atoms with E-state index in [0.717, 1.165) is 16.7 Å². The van der Waals surface area contributed by atoms with Crippen LogP contribution >= 0.6 is 0 Å². The van der Waals surface area contributed by atoms with Gasteiger partial charge < -0.3 is 24.7 Å². The summed E-state index contributed by atoms with van der Waals surface area (Å²) in [4.78, 5) is 26.4. The number of aliphatic hydroxyl groups is 2. The molecule has 4 heterocycles. The maximum absolute atomic E-state index is 11.8. The lowest BCUT2D eigenvalue weighted by atomic mass is 10.1. The largest absolute Gasteiger partial charge is 0.387 e. The Morgan fingerprint density at radius 2 is 1.78 bits per heavy atom. The second kappa shape index (κ2) is 8.60. The molecule has 0 amide bonds. The maximum Gasteiger partial charge on any atom is 0.278 e. The van der Waals surface area contributed by atoms with Gasteiger partial charge >= 0.3 is 0 Å². The van der Waals surface area contributed by atoms with E-state index in [-0.39, 0.29) is 17.8 Å². The van der Waals surface area contributed by atoms with Crippen molar-refractivity contribution in [3.63, 3.8) is 0 Å². The van der Waals surface area contributed by atoms with Gasteiger partial charge in [-0.15, -0.1) is 0 Å². The summed E-state index contributed by atoms with van der Waals surface area (Å²) in [6.07, 6.45) is 2.06. The Bertz CT molecular complexity index is 1260. The molecule has 0 spiro atoms. The Morgan fingerprint density at radius 3 is 2.56 bits per heavy atom. The van der Waals surface area contributed by atoms with Crippen molar-refractivity contribution in [2.45, 2.75) is 31.1 Å². The number of aromatic nitrogens is 5. The molecular formula is C22H21N5O5. The number of benzene rings is 1. The number of rotatable bonds is 6. The lowest BCUT2D eigenvalue weighted by Crippen LogP contribution is -2.33. The van der Waals surface area contributed by atoms with Crippen LogP contribution in [0.3, 0.4) is 0 Å². The lowest BCUT2D eigenvalue weighted by molar-refractivity contribution is -0.0682. The lowest BCUT2D eigenvalue weighted by Gasteiger charge is -2.16. The van der Waals surface area contributed by atoms with E-state index in [2.05, 4.69) is 19.9 Å². The second-order valence-electron chi connectivity index (χ2n) is 7.55. The van der Waals surface area contributed by atoms with Gasteiger partial charge in [0.1, 0.15) is 18.3 Å². The molecule has 5 rings (SSSR count). The summed E-state index contributed by atoms with van der Waals surface area (Å²) < 4.78 is 13.0. The summed E-state index contributed by atoms with van der Waals surface area (Å²) in [5.41, 5.74) is 3.14. The average molecular weight is 435 g/mol. The minimum atomic E-state index is -1.22. The summed E-state index contributed by atoms with van der Waals surface area (Å²) >= 11 is 0. The summed E-state index contributed by atoms with van der Waals surface area (Å²) in [5, 5.41) is 20.9. The van der Waals surface area contributed by atoms with E-state index in [1.165, 1.54) is 17.2 Å². The molecular weight excluding hydrogens is 414 g/mol. The average Bonchev–Trinajstić information content (AvgIpc) is 3.37. The molecule has 1 aromatic carbocycles. The molecule has 4 aromatic rings. The molecule has 0 bridgehead atoms. The molecule has 10 heteroatoms. The number of nitrogens with one attached hydrogen (secondary N) is 1. The molecule has 0 unspecified atom stereocenters. The van der Waals surface area contributed by atoms with Crippen molar-refractivity contribution in [1.29, 1.82) is 0 Å². The first kappa shape index (κ1) is 20.5. The zero-order chi connectivity index (χ0) is 22.1. The van der Waals surface area contributed by atoms with Crippen molar-refractivity contribution in [1.82, 2.24) is 24.5 Å². The van der Waals surface area contributed by atoms with Crippen LogP contribution in [0.25, 0.3) is 22.3 Å². The molecule has 3 aromatic heterocycles. The van der Waals surface area contributed by atoms with Crippen LogP contribution in [-0.4, -0.2) is 59.6 Å². The Balaban J connectivity index is 1.22. The molecule has 0 radical (unpaired) electrons. The molecule has 32 heavy (non-hydrogen) atoms. The molecule has 1 saturated heterocycles. The van der Waals surface area contributed by atoms with E-state index in [0.29, 0.717) is 6.61 Å². The van der Waals surface area contributed by atoms with E-state index in [1.807, 2.05) is 36.4 Å². The van der Waals surface area contributed by atoms with Crippen molar-refractivity contribution in [2.24, 2.45) is 0 Å². The number of imidazole rings is 1. The van der Waals surface area contributed by atoms with Gasteiger partial charge in [-0.05, 0) is 28.8 Å². The van der Waals surface area contributed by atoms with Crippen LogP contribution in [0.2, 0.25) is 0 Å². The Kier molecular flexibility index (Phi) is 5.50. The molecule has 3 N–H and O–H groups in total. The van der Waals surface area contributed by atoms with E-state index in [4.69, 9.17) is 9.47 Å². The van der Waals surface area contributed by atoms with Gasteiger partial charge in [-0.1, -0.05) is 24.3 Å². The van der Waals surface area contributed by atoms with Crippen molar-refractivity contribution in [2.75, 3.05) is 6.61 Å². The normalized spacial score (nSPS) is 23.1. The summed E-state index contributed by atoms with van der Waals surface area (Å²) in [5.74, 6) is 0. The van der Waals surface area contributed by atoms with Crippen molar-refractivity contribution in [3.8, 4) is 11.1 Å². The van der Waals surface area contributed by atoms with Gasteiger partial charge in [0.15, 0.2) is 17.4 Å². The van der Waals surface area contributed by atoms with Crippen molar-refractivity contribution >= 4 is 11.2 Å². The Hall–Kier alpha value is -3.44. The molecule has 1 fully saturated rings. The fourth-order valence-electron chi connectivity index (χ4n) is 3.78. The highest BCUT2D eigenvalue weighted by atomic mass is 16.6. The van der Waals surface area contributed by atoms with Crippen molar-refractivity contribution < 1.29 is 19.7 Å². The number of aromatic amines is 1. The first-order valence-electron chi connectivity index (χ1n) is 10.1. The molecule has 0 saturated carbocycles. The minimum absolute atomic E-state index is 0.0848. The number of pyridine rings is 1. The first-order valence-corrected chi connectivity index (χ1v) is 10.1. The van der Waals surface area contributed by atoms with Gasteiger partial charge in [-0.25, -0.2) is 9.97 Å². The van der Waals surface area contributed by atoms with Gasteiger partial charge in [0.25, 0.3) is 5.56 Å². The van der Waals surface area contributed by atoms with Crippen LogP contribution in [0.1, 0.15) is 11.8 Å². The van der Waals surface area contributed by atoms with Gasteiger partial charge in [0.05, 0.1) is 25.9 Å². The number of nitrogens with zero attached hydrogens (tertiary/aromatic N) is 4. The molecule has 4 atom stereocenters. The molecule has 10 nitrogen and oxygen atoms in total. The number of aliphatic hydroxyl groups excluding tert-OH is 2. The highest BCUT2D eigenvalue weighted by molar-refractivity contribution is 5.69. The highest BCUT2D eigenvalue weighted by Gasteiger charge is 2.44. The highest BCUT2D eigenvalue weighted by Crippen LogP contribution is 2.31. The van der Waals surface area contributed by atoms with E-state index in [1.54, 1.807) is 12.4 Å². The second-order valence-corrected chi connectivity index (χ2v) is 7.55. The zero-order valence-corrected chi connectivity index (χ0v) is 16.9. The number of H-pyrrole nitrogens is 1. The predicted molar refractivity (Wildman–Crippen MR) is 113 cm³/mol. The van der Waals surface area contributed by atoms with Gasteiger partial charge in [-0.2, -0.15) is 0 Å². The summed E-state index contributed by atoms with van der Waals surface area (Å²) in [6.45, 7) is 0.413. The van der Waals surface area contributed by atoms with Gasteiger partial charge in [0, 0.05) is 12.4 Å². The van der Waals surface area contributed by atoms with Crippen LogP contribution in [0, 0.1) is 0 Å². The fourth-order valence-corrected chi connectivity index (χ4v) is 3.78. The predicted octanol–water partition coefficient (Wildman–Crippen LogP) is 1.02. The van der Waals surface area contributed by atoms with Crippen LogP contribution in [0.4, 0.5) is 0 Å². The molecule has 164 valence electrons. The van der Waals surface area contributed by atoms with Crippen LogP contribution in [-0.2, 0) is 16.1 Å². The number of ether oxygens (including phenoxy) is 2. The molecule has 1 aliphatic rings. The third-order valence-corrected chi connectivity index (χ3v) is 5.49. The van der Waals surface area contributed by atoms with E-state index in [9.17, 15) is 15.0 Å². The number of fused-ring (bicyclic) bond motifs is 1. The Morgan fingerprint density at radius 1 is 1.03 bits per heavy atom. The third-order valence-electron chi connectivity index (χ3n) is 5.49. The zero-order valence-electron chi connectivity index (χ0n) is 16.9. The number of hydrogen-bond acceptors (Lipinski definition) is 8. The fraction of sp³-hybridized carbons (Fsp3) is 0.273. The smallest absolute Gasteiger partial charge is 0.278 e. The van der Waals surface area contributed by atoms with Crippen molar-refractivity contribution in [3.05, 3.63) is 77.4 Å². The van der Waals surface area contributed by atoms with Gasteiger partial charge in [0.2, 0.25) is 0 Å².